The van der Waals surface area contributed by atoms with Gasteiger partial charge < -0.3 is 104 Å². The Balaban J connectivity index is 1.08. The van der Waals surface area contributed by atoms with E-state index in [1.165, 1.54) is 0 Å². The number of hydrogen-bond donors (Lipinski definition) is 12. The lowest BCUT2D eigenvalue weighted by Crippen LogP contribution is -2.63. The second-order valence-electron chi connectivity index (χ2n) is 11.7. The van der Waals surface area contributed by atoms with Crippen LogP contribution < -0.4 is 0 Å². The third-order valence-corrected chi connectivity index (χ3v) is 8.45. The summed E-state index contributed by atoms with van der Waals surface area (Å²) in [5.41, 5.74) is 0. The molecule has 5 fully saturated rings. The SMILES string of the molecule is OC1COC(OC2COC(OC3COC(OC4COC(OC5COC(O)C(O)C5O)C(O)C4O)C(O)C3O)C(O)C2O)C(O)C1O. The summed E-state index contributed by atoms with van der Waals surface area (Å²) in [4.78, 5) is 0. The van der Waals surface area contributed by atoms with Crippen molar-refractivity contribution in [2.24, 2.45) is 0 Å². The van der Waals surface area contributed by atoms with Crippen LogP contribution in [0.1, 0.15) is 0 Å². The van der Waals surface area contributed by atoms with Gasteiger partial charge in [0.25, 0.3) is 0 Å². The van der Waals surface area contributed by atoms with Gasteiger partial charge in [0.1, 0.15) is 91.6 Å². The van der Waals surface area contributed by atoms with Gasteiger partial charge >= 0.3 is 0 Å². The van der Waals surface area contributed by atoms with E-state index in [1.807, 2.05) is 0 Å². The lowest BCUT2D eigenvalue weighted by Gasteiger charge is -2.45. The minimum atomic E-state index is -1.78. The van der Waals surface area contributed by atoms with Crippen LogP contribution >= 0.6 is 0 Å². The van der Waals surface area contributed by atoms with Gasteiger partial charge in [0.15, 0.2) is 31.5 Å². The second-order valence-corrected chi connectivity index (χ2v) is 11.7. The highest BCUT2D eigenvalue weighted by Crippen LogP contribution is 2.30. The average molecular weight is 679 g/mol. The zero-order valence-electron chi connectivity index (χ0n) is 24.1. The van der Waals surface area contributed by atoms with Crippen molar-refractivity contribution < 1.29 is 104 Å². The Kier molecular flexibility index (Phi) is 12.2. The summed E-state index contributed by atoms with van der Waals surface area (Å²) in [6.45, 7) is -1.94. The molecule has 268 valence electrons. The third-order valence-electron chi connectivity index (χ3n) is 8.45. The Morgan fingerprint density at radius 3 is 0.957 bits per heavy atom. The Labute approximate surface area is 260 Å². The van der Waals surface area contributed by atoms with Crippen LogP contribution in [0, 0.1) is 0 Å². The first kappa shape index (κ1) is 36.4. The van der Waals surface area contributed by atoms with Crippen LogP contribution in [-0.2, 0) is 42.6 Å². The Morgan fingerprint density at radius 2 is 0.587 bits per heavy atom. The van der Waals surface area contributed by atoms with E-state index in [4.69, 9.17) is 42.6 Å². The zero-order valence-corrected chi connectivity index (χ0v) is 24.1. The molecule has 0 amide bonds. The topological polar surface area (TPSA) is 326 Å². The third kappa shape index (κ3) is 7.65. The van der Waals surface area contributed by atoms with Gasteiger partial charge in [-0.3, -0.25) is 0 Å². The van der Waals surface area contributed by atoms with Crippen LogP contribution in [0.15, 0.2) is 0 Å². The Bertz CT molecular complexity index is 891. The van der Waals surface area contributed by atoms with Gasteiger partial charge in [-0.2, -0.15) is 0 Å². The van der Waals surface area contributed by atoms with E-state index in [-0.39, 0.29) is 13.2 Å². The van der Waals surface area contributed by atoms with Crippen molar-refractivity contribution in [1.82, 2.24) is 0 Å². The standard InChI is InChI=1S/C25H42O21/c26-6-1-39-22(17(33)11(6)27)44-8-3-41-24(19(35)13(8)29)46-10-5-42-25(20(36)15(10)31)45-9-4-40-23(18(34)14(9)30)43-7-2-38-21(37)16(32)12(7)28/h6-37H,1-5H2. The summed E-state index contributed by atoms with van der Waals surface area (Å²) in [7, 11) is 0. The fraction of sp³-hybridized carbons (Fsp3) is 1.00. The van der Waals surface area contributed by atoms with Gasteiger partial charge in [-0.25, -0.2) is 0 Å². The fourth-order valence-electron chi connectivity index (χ4n) is 5.51. The quantitative estimate of drug-likeness (QED) is 0.113. The monoisotopic (exact) mass is 678 g/mol. The van der Waals surface area contributed by atoms with Crippen molar-refractivity contribution in [3.63, 3.8) is 0 Å². The van der Waals surface area contributed by atoms with Crippen molar-refractivity contribution in [1.29, 1.82) is 0 Å². The predicted octanol–water partition coefficient (Wildman–Crippen LogP) is -8.73. The molecule has 21 heteroatoms. The highest BCUT2D eigenvalue weighted by Gasteiger charge is 2.50. The van der Waals surface area contributed by atoms with Gasteiger partial charge in [-0.1, -0.05) is 0 Å². The van der Waals surface area contributed by atoms with E-state index in [1.54, 1.807) is 0 Å². The fourth-order valence-corrected chi connectivity index (χ4v) is 5.51. The molecule has 0 aromatic carbocycles. The van der Waals surface area contributed by atoms with Crippen molar-refractivity contribution in [3.8, 4) is 0 Å². The molecule has 0 aliphatic carbocycles. The van der Waals surface area contributed by atoms with Gasteiger partial charge in [0.2, 0.25) is 0 Å². The molecule has 21 nitrogen and oxygen atoms in total. The van der Waals surface area contributed by atoms with Crippen molar-refractivity contribution in [2.45, 2.75) is 123 Å². The molecule has 0 spiro atoms. The molecule has 0 aromatic rings. The molecule has 20 unspecified atom stereocenters. The summed E-state index contributed by atoms with van der Waals surface area (Å²) < 4.78 is 48.2. The molecule has 0 saturated carbocycles. The smallest absolute Gasteiger partial charge is 0.186 e. The molecule has 12 N–H and O–H groups in total. The Hall–Kier alpha value is -0.840. The van der Waals surface area contributed by atoms with Crippen molar-refractivity contribution >= 4 is 0 Å². The van der Waals surface area contributed by atoms with Crippen LogP contribution in [-0.4, -0.2) is 217 Å². The maximum absolute atomic E-state index is 10.7. The number of ether oxygens (including phenoxy) is 9. The molecule has 5 rings (SSSR count). The molecule has 0 radical (unpaired) electrons. The maximum Gasteiger partial charge on any atom is 0.186 e. The van der Waals surface area contributed by atoms with Gasteiger partial charge in [-0.15, -0.1) is 0 Å². The van der Waals surface area contributed by atoms with Crippen LogP contribution in [0.2, 0.25) is 0 Å². The van der Waals surface area contributed by atoms with Gasteiger partial charge in [0, 0.05) is 0 Å². The summed E-state index contributed by atoms with van der Waals surface area (Å²) in [6, 6.07) is 0. The highest BCUT2D eigenvalue weighted by atomic mass is 16.8. The first-order valence-corrected chi connectivity index (χ1v) is 14.6. The molecule has 0 bridgehead atoms. The summed E-state index contributed by atoms with van der Waals surface area (Å²) >= 11 is 0. The molecule has 46 heavy (non-hydrogen) atoms. The summed E-state index contributed by atoms with van der Waals surface area (Å²) in [5, 5.41) is 122. The predicted molar refractivity (Wildman–Crippen MR) is 136 cm³/mol. The molecular formula is C25H42O21. The van der Waals surface area contributed by atoms with E-state index in [9.17, 15) is 61.3 Å². The van der Waals surface area contributed by atoms with Gasteiger partial charge in [0.05, 0.1) is 33.0 Å². The largest absolute Gasteiger partial charge is 0.388 e. The molecule has 0 aromatic heterocycles. The van der Waals surface area contributed by atoms with E-state index < -0.39 is 143 Å². The van der Waals surface area contributed by atoms with E-state index in [0.29, 0.717) is 0 Å². The normalized spacial score (nSPS) is 54.0. The molecule has 5 aliphatic rings. The maximum atomic E-state index is 10.7. The number of aliphatic hydroxyl groups is 12. The van der Waals surface area contributed by atoms with E-state index >= 15 is 0 Å². The average Bonchev–Trinajstić information content (AvgIpc) is 3.03. The summed E-state index contributed by atoms with van der Waals surface area (Å²) in [5.74, 6) is 0. The first-order chi connectivity index (χ1) is 21.8. The minimum Gasteiger partial charge on any atom is -0.388 e. The van der Waals surface area contributed by atoms with E-state index in [2.05, 4.69) is 0 Å². The van der Waals surface area contributed by atoms with Crippen LogP contribution in [0.3, 0.4) is 0 Å². The lowest BCUT2D eigenvalue weighted by molar-refractivity contribution is -0.362. The van der Waals surface area contributed by atoms with Crippen LogP contribution in [0.4, 0.5) is 0 Å². The number of rotatable bonds is 8. The molecule has 5 aliphatic heterocycles. The van der Waals surface area contributed by atoms with E-state index in [0.717, 1.165) is 0 Å². The molecule has 5 heterocycles. The first-order valence-electron chi connectivity index (χ1n) is 14.6. The van der Waals surface area contributed by atoms with Crippen LogP contribution in [0.25, 0.3) is 0 Å². The van der Waals surface area contributed by atoms with Crippen molar-refractivity contribution in [2.75, 3.05) is 33.0 Å². The zero-order chi connectivity index (χ0) is 33.4. The lowest BCUT2D eigenvalue weighted by atomic mass is 10.0. The molecule has 5 saturated heterocycles. The molecular weight excluding hydrogens is 636 g/mol. The summed E-state index contributed by atoms with van der Waals surface area (Å²) in [6.07, 6.45) is -30.9. The molecule has 20 atom stereocenters. The minimum absolute atomic E-state index is 0.349. The Morgan fingerprint density at radius 1 is 0.304 bits per heavy atom. The highest BCUT2D eigenvalue weighted by molar-refractivity contribution is 4.92. The van der Waals surface area contributed by atoms with Crippen LogP contribution in [0.5, 0.6) is 0 Å². The number of hydrogen-bond acceptors (Lipinski definition) is 21. The van der Waals surface area contributed by atoms with Gasteiger partial charge in [-0.05, 0) is 0 Å². The van der Waals surface area contributed by atoms with Crippen molar-refractivity contribution in [3.05, 3.63) is 0 Å². The number of aliphatic hydroxyl groups excluding tert-OH is 12. The second kappa shape index (κ2) is 15.4.